The topological polar surface area (TPSA) is 41.6 Å². The number of nitrogens with one attached hydrogen (secondary N) is 1. The third-order valence-corrected chi connectivity index (χ3v) is 4.16. The average Bonchev–Trinajstić information content (AvgIpc) is 2.63. The lowest BCUT2D eigenvalue weighted by molar-refractivity contribution is 0.0332. The van der Waals surface area contributed by atoms with Crippen LogP contribution in [0.4, 0.5) is 4.39 Å². The van der Waals surface area contributed by atoms with Crippen LogP contribution in [-0.4, -0.2) is 43.7 Å². The second-order valence-electron chi connectivity index (χ2n) is 5.86. The van der Waals surface area contributed by atoms with E-state index in [4.69, 9.17) is 4.74 Å². The molecule has 0 aromatic heterocycles. The number of benzene rings is 2. The summed E-state index contributed by atoms with van der Waals surface area (Å²) in [4.78, 5) is 14.8. The Morgan fingerprint density at radius 3 is 2.42 bits per heavy atom. The summed E-state index contributed by atoms with van der Waals surface area (Å²) in [6.45, 7) is 3.87. The van der Waals surface area contributed by atoms with E-state index in [1.54, 1.807) is 0 Å². The molecule has 24 heavy (non-hydrogen) atoms. The van der Waals surface area contributed by atoms with Crippen LogP contribution in [0.25, 0.3) is 0 Å². The monoisotopic (exact) mass is 328 g/mol. The fourth-order valence-electron chi connectivity index (χ4n) is 2.80. The Balaban J connectivity index is 1.73. The number of ether oxygens (including phenoxy) is 1. The van der Waals surface area contributed by atoms with Crippen molar-refractivity contribution >= 4 is 5.91 Å². The van der Waals surface area contributed by atoms with Gasteiger partial charge in [0.1, 0.15) is 5.82 Å². The number of amides is 1. The molecule has 2 aromatic rings. The van der Waals surface area contributed by atoms with Crippen molar-refractivity contribution in [2.24, 2.45) is 0 Å². The molecule has 1 aliphatic rings. The maximum Gasteiger partial charge on any atom is 0.251 e. The Morgan fingerprint density at radius 1 is 1.08 bits per heavy atom. The molecule has 3 rings (SSSR count). The van der Waals surface area contributed by atoms with Crippen LogP contribution in [-0.2, 0) is 4.74 Å². The molecule has 0 radical (unpaired) electrons. The van der Waals surface area contributed by atoms with Crippen molar-refractivity contribution in [1.29, 1.82) is 0 Å². The smallest absolute Gasteiger partial charge is 0.251 e. The van der Waals surface area contributed by atoms with Crippen LogP contribution in [0.2, 0.25) is 0 Å². The first-order chi connectivity index (χ1) is 11.7. The molecule has 0 aliphatic carbocycles. The fraction of sp³-hybridized carbons (Fsp3) is 0.316. The zero-order valence-corrected chi connectivity index (χ0v) is 13.5. The first-order valence-electron chi connectivity index (χ1n) is 8.14. The second-order valence-corrected chi connectivity index (χ2v) is 5.86. The van der Waals surface area contributed by atoms with Crippen molar-refractivity contribution < 1.29 is 13.9 Å². The molecule has 5 heteroatoms. The number of carbonyl (C=O) groups excluding carboxylic acids is 1. The molecule has 1 unspecified atom stereocenters. The predicted octanol–water partition coefficient (Wildman–Crippen LogP) is 2.63. The summed E-state index contributed by atoms with van der Waals surface area (Å²) in [5, 5.41) is 3.07. The Hall–Kier alpha value is -2.24. The van der Waals surface area contributed by atoms with E-state index in [1.807, 2.05) is 30.3 Å². The van der Waals surface area contributed by atoms with Crippen molar-refractivity contribution in [2.45, 2.75) is 6.04 Å². The Morgan fingerprint density at radius 2 is 1.75 bits per heavy atom. The number of rotatable bonds is 5. The molecule has 0 bridgehead atoms. The first kappa shape index (κ1) is 16.6. The highest BCUT2D eigenvalue weighted by atomic mass is 19.1. The predicted molar refractivity (Wildman–Crippen MR) is 90.3 cm³/mol. The second kappa shape index (κ2) is 8.04. The normalized spacial score (nSPS) is 16.5. The summed E-state index contributed by atoms with van der Waals surface area (Å²) in [5.41, 5.74) is 1.51. The molecule has 126 valence electrons. The van der Waals surface area contributed by atoms with E-state index >= 15 is 0 Å². The first-order valence-corrected chi connectivity index (χ1v) is 8.14. The summed E-state index contributed by atoms with van der Waals surface area (Å²) in [7, 11) is 0. The van der Waals surface area contributed by atoms with Gasteiger partial charge in [0.05, 0.1) is 19.3 Å². The van der Waals surface area contributed by atoms with E-state index in [0.29, 0.717) is 18.8 Å². The third-order valence-electron chi connectivity index (χ3n) is 4.16. The van der Waals surface area contributed by atoms with Gasteiger partial charge in [-0.3, -0.25) is 9.69 Å². The van der Waals surface area contributed by atoms with E-state index in [0.717, 1.165) is 25.2 Å². The number of nitrogens with zero attached hydrogens (tertiary/aromatic N) is 1. The standard InChI is InChI=1S/C19H21FN2O2/c20-17-8-6-16(7-9-17)19(23)21-18(15-4-2-1-3-5-15)14-22-10-12-24-13-11-22/h1-9,18H,10-14H2,(H,21,23). The lowest BCUT2D eigenvalue weighted by Gasteiger charge is -2.31. The molecule has 0 saturated carbocycles. The summed E-state index contributed by atoms with van der Waals surface area (Å²) in [6, 6.07) is 15.4. The van der Waals surface area contributed by atoms with Crippen molar-refractivity contribution in [3.05, 3.63) is 71.5 Å². The lowest BCUT2D eigenvalue weighted by atomic mass is 10.1. The summed E-state index contributed by atoms with van der Waals surface area (Å²) >= 11 is 0. The molecular formula is C19H21FN2O2. The Kier molecular flexibility index (Phi) is 5.56. The molecule has 1 saturated heterocycles. The van der Waals surface area contributed by atoms with Crippen LogP contribution in [0.15, 0.2) is 54.6 Å². The third kappa shape index (κ3) is 4.40. The van der Waals surface area contributed by atoms with Gasteiger partial charge in [-0.15, -0.1) is 0 Å². The van der Waals surface area contributed by atoms with E-state index in [9.17, 15) is 9.18 Å². The summed E-state index contributed by atoms with van der Waals surface area (Å²) in [5.74, 6) is -0.545. The molecule has 2 aromatic carbocycles. The highest BCUT2D eigenvalue weighted by molar-refractivity contribution is 5.94. The molecule has 1 N–H and O–H groups in total. The molecule has 1 atom stereocenters. The van der Waals surface area contributed by atoms with Crippen LogP contribution in [0.3, 0.4) is 0 Å². The van der Waals surface area contributed by atoms with Gasteiger partial charge in [-0.05, 0) is 29.8 Å². The van der Waals surface area contributed by atoms with Gasteiger partial charge in [-0.2, -0.15) is 0 Å². The van der Waals surface area contributed by atoms with E-state index in [2.05, 4.69) is 10.2 Å². The molecule has 0 spiro atoms. The molecule has 4 nitrogen and oxygen atoms in total. The number of carbonyl (C=O) groups is 1. The lowest BCUT2D eigenvalue weighted by Crippen LogP contribution is -2.43. The van der Waals surface area contributed by atoms with E-state index < -0.39 is 0 Å². The van der Waals surface area contributed by atoms with Crippen molar-refractivity contribution in [2.75, 3.05) is 32.8 Å². The van der Waals surface area contributed by atoms with Crippen LogP contribution in [0.1, 0.15) is 22.0 Å². The molecule has 1 fully saturated rings. The average molecular weight is 328 g/mol. The maximum atomic E-state index is 13.0. The van der Waals surface area contributed by atoms with E-state index in [1.165, 1.54) is 24.3 Å². The number of hydrogen-bond donors (Lipinski definition) is 1. The Labute approximate surface area is 141 Å². The summed E-state index contributed by atoms with van der Waals surface area (Å²) in [6.07, 6.45) is 0. The highest BCUT2D eigenvalue weighted by Crippen LogP contribution is 2.16. The number of morpholine rings is 1. The maximum absolute atomic E-state index is 13.0. The zero-order valence-electron chi connectivity index (χ0n) is 13.5. The minimum atomic E-state index is -0.348. The van der Waals surface area contributed by atoms with Crippen LogP contribution < -0.4 is 5.32 Å². The quantitative estimate of drug-likeness (QED) is 0.917. The fourth-order valence-corrected chi connectivity index (χ4v) is 2.80. The van der Waals surface area contributed by atoms with Gasteiger partial charge in [-0.1, -0.05) is 30.3 Å². The highest BCUT2D eigenvalue weighted by Gasteiger charge is 2.20. The van der Waals surface area contributed by atoms with Gasteiger partial charge in [0.25, 0.3) is 5.91 Å². The van der Waals surface area contributed by atoms with Gasteiger partial charge in [0, 0.05) is 25.2 Å². The largest absolute Gasteiger partial charge is 0.379 e. The molecule has 1 aliphatic heterocycles. The molecular weight excluding hydrogens is 307 g/mol. The summed E-state index contributed by atoms with van der Waals surface area (Å²) < 4.78 is 18.4. The van der Waals surface area contributed by atoms with Crippen LogP contribution in [0.5, 0.6) is 0 Å². The minimum absolute atomic E-state index is 0.123. The van der Waals surface area contributed by atoms with Gasteiger partial charge < -0.3 is 10.1 Å². The van der Waals surface area contributed by atoms with E-state index in [-0.39, 0.29) is 17.8 Å². The van der Waals surface area contributed by atoms with Gasteiger partial charge in [0.2, 0.25) is 0 Å². The molecule has 1 heterocycles. The van der Waals surface area contributed by atoms with Crippen LogP contribution >= 0.6 is 0 Å². The minimum Gasteiger partial charge on any atom is -0.379 e. The van der Waals surface area contributed by atoms with Gasteiger partial charge in [-0.25, -0.2) is 4.39 Å². The number of halogens is 1. The Bertz CT molecular complexity index is 655. The van der Waals surface area contributed by atoms with Crippen LogP contribution in [0, 0.1) is 5.82 Å². The van der Waals surface area contributed by atoms with Gasteiger partial charge >= 0.3 is 0 Å². The number of hydrogen-bond acceptors (Lipinski definition) is 3. The van der Waals surface area contributed by atoms with Crippen molar-refractivity contribution in [1.82, 2.24) is 10.2 Å². The van der Waals surface area contributed by atoms with Crippen molar-refractivity contribution in [3.63, 3.8) is 0 Å². The van der Waals surface area contributed by atoms with Crippen molar-refractivity contribution in [3.8, 4) is 0 Å². The molecule has 1 amide bonds. The SMILES string of the molecule is O=C(NC(CN1CCOCC1)c1ccccc1)c1ccc(F)cc1. The van der Waals surface area contributed by atoms with Gasteiger partial charge in [0.15, 0.2) is 0 Å². The zero-order chi connectivity index (χ0) is 16.8.